The van der Waals surface area contributed by atoms with Gasteiger partial charge < -0.3 is 15.1 Å². The molecule has 0 unspecified atom stereocenters. The van der Waals surface area contributed by atoms with E-state index in [4.69, 9.17) is 0 Å². The number of anilines is 1. The summed E-state index contributed by atoms with van der Waals surface area (Å²) in [4.78, 5) is 35.0. The van der Waals surface area contributed by atoms with Crippen LogP contribution in [0, 0.1) is 6.92 Å². The Morgan fingerprint density at radius 1 is 1.20 bits per heavy atom. The quantitative estimate of drug-likeness (QED) is 0.831. The zero-order valence-electron chi connectivity index (χ0n) is 14.2. The fraction of sp³-hybridized carbons (Fsp3) is 0.333. The second-order valence-corrected chi connectivity index (χ2v) is 6.06. The summed E-state index contributed by atoms with van der Waals surface area (Å²) in [6, 6.07) is 8.23. The van der Waals surface area contributed by atoms with Crippen molar-refractivity contribution in [3.63, 3.8) is 0 Å². The van der Waals surface area contributed by atoms with Crippen molar-refractivity contribution < 1.29 is 9.59 Å². The van der Waals surface area contributed by atoms with Crippen molar-refractivity contribution >= 4 is 18.1 Å². The van der Waals surface area contributed by atoms with Crippen LogP contribution in [0.4, 0.5) is 5.82 Å². The van der Waals surface area contributed by atoms with Gasteiger partial charge in [-0.2, -0.15) is 0 Å². The molecule has 1 aromatic heterocycles. The van der Waals surface area contributed by atoms with E-state index < -0.39 is 0 Å². The summed E-state index contributed by atoms with van der Waals surface area (Å²) in [7, 11) is 0. The molecule has 25 heavy (non-hydrogen) atoms. The number of aryl methyl sites for hydroxylation is 1. The number of hydrogen-bond donors (Lipinski definition) is 1. The number of aromatic nitrogens is 2. The van der Waals surface area contributed by atoms with Crippen LogP contribution in [-0.2, 0) is 11.3 Å². The second kappa shape index (κ2) is 7.74. The molecule has 7 nitrogen and oxygen atoms in total. The van der Waals surface area contributed by atoms with E-state index in [9.17, 15) is 9.59 Å². The van der Waals surface area contributed by atoms with E-state index >= 15 is 0 Å². The summed E-state index contributed by atoms with van der Waals surface area (Å²) < 4.78 is 0. The highest BCUT2D eigenvalue weighted by molar-refractivity contribution is 5.92. The number of amides is 2. The number of benzene rings is 1. The predicted octanol–water partition coefficient (Wildman–Crippen LogP) is 1.31. The van der Waals surface area contributed by atoms with Gasteiger partial charge in [0.2, 0.25) is 6.41 Å². The van der Waals surface area contributed by atoms with Gasteiger partial charge in [0.15, 0.2) is 0 Å². The molecule has 2 heterocycles. The lowest BCUT2D eigenvalue weighted by molar-refractivity contribution is -0.119. The standard InChI is InChI=1S/C18H21N5O2/c1-14-3-2-4-15(9-14)10-20-17-12-19-16(11-21-17)18(25)23-7-5-22(13-24)6-8-23/h2-4,9,11-13H,5-8,10H2,1H3,(H,20,21). The lowest BCUT2D eigenvalue weighted by Gasteiger charge is -2.32. The molecule has 0 saturated carbocycles. The number of hydrogen-bond acceptors (Lipinski definition) is 5. The van der Waals surface area contributed by atoms with Gasteiger partial charge >= 0.3 is 0 Å². The predicted molar refractivity (Wildman–Crippen MR) is 94.1 cm³/mol. The van der Waals surface area contributed by atoms with E-state index in [-0.39, 0.29) is 5.91 Å². The molecule has 1 saturated heterocycles. The number of rotatable bonds is 5. The molecule has 7 heteroatoms. The average Bonchev–Trinajstić information content (AvgIpc) is 2.66. The summed E-state index contributed by atoms with van der Waals surface area (Å²) in [5.74, 6) is 0.479. The lowest BCUT2D eigenvalue weighted by atomic mass is 10.1. The van der Waals surface area contributed by atoms with Crippen molar-refractivity contribution in [3.05, 3.63) is 53.5 Å². The Hall–Kier alpha value is -2.96. The van der Waals surface area contributed by atoms with Gasteiger partial charge in [-0.15, -0.1) is 0 Å². The second-order valence-electron chi connectivity index (χ2n) is 6.06. The molecule has 2 amide bonds. The molecule has 1 aliphatic heterocycles. The van der Waals surface area contributed by atoms with Crippen LogP contribution in [0.15, 0.2) is 36.7 Å². The Kier molecular flexibility index (Phi) is 5.23. The molecule has 1 aromatic carbocycles. The van der Waals surface area contributed by atoms with E-state index in [0.29, 0.717) is 44.2 Å². The average molecular weight is 339 g/mol. The monoisotopic (exact) mass is 339 g/mol. The minimum Gasteiger partial charge on any atom is -0.365 e. The van der Waals surface area contributed by atoms with Gasteiger partial charge in [0.05, 0.1) is 12.4 Å². The summed E-state index contributed by atoms with van der Waals surface area (Å²) in [6.07, 6.45) is 3.88. The fourth-order valence-electron chi connectivity index (χ4n) is 2.74. The first-order chi connectivity index (χ1) is 12.2. The van der Waals surface area contributed by atoms with Gasteiger partial charge in [-0.1, -0.05) is 29.8 Å². The lowest BCUT2D eigenvalue weighted by Crippen LogP contribution is -2.48. The van der Waals surface area contributed by atoms with Gasteiger partial charge in [-0.25, -0.2) is 9.97 Å². The fourth-order valence-corrected chi connectivity index (χ4v) is 2.74. The van der Waals surface area contributed by atoms with Crippen LogP contribution in [0.3, 0.4) is 0 Å². The van der Waals surface area contributed by atoms with Gasteiger partial charge in [-0.3, -0.25) is 9.59 Å². The maximum atomic E-state index is 12.4. The third-order valence-electron chi connectivity index (χ3n) is 4.18. The Morgan fingerprint density at radius 2 is 2.00 bits per heavy atom. The summed E-state index contributed by atoms with van der Waals surface area (Å²) in [5.41, 5.74) is 2.69. The molecule has 1 N–H and O–H groups in total. The minimum atomic E-state index is -0.150. The Morgan fingerprint density at radius 3 is 2.64 bits per heavy atom. The van der Waals surface area contributed by atoms with E-state index in [0.717, 1.165) is 12.0 Å². The zero-order chi connectivity index (χ0) is 17.6. The van der Waals surface area contributed by atoms with Gasteiger partial charge in [0.25, 0.3) is 5.91 Å². The first-order valence-corrected chi connectivity index (χ1v) is 8.26. The highest BCUT2D eigenvalue weighted by atomic mass is 16.2. The molecule has 2 aromatic rings. The SMILES string of the molecule is Cc1cccc(CNc2cnc(C(=O)N3CCN(C=O)CC3)cn2)c1. The largest absolute Gasteiger partial charge is 0.365 e. The summed E-state index contributed by atoms with van der Waals surface area (Å²) in [6.45, 7) is 4.85. The molecule has 0 spiro atoms. The summed E-state index contributed by atoms with van der Waals surface area (Å²) >= 11 is 0. The smallest absolute Gasteiger partial charge is 0.274 e. The molecular formula is C18H21N5O2. The van der Waals surface area contributed by atoms with Crippen molar-refractivity contribution in [1.82, 2.24) is 19.8 Å². The van der Waals surface area contributed by atoms with Crippen molar-refractivity contribution in [2.45, 2.75) is 13.5 Å². The molecule has 1 aliphatic rings. The van der Waals surface area contributed by atoms with Crippen LogP contribution >= 0.6 is 0 Å². The van der Waals surface area contributed by atoms with Crippen LogP contribution in [0.5, 0.6) is 0 Å². The molecule has 0 atom stereocenters. The van der Waals surface area contributed by atoms with E-state index in [2.05, 4.69) is 34.3 Å². The molecule has 1 fully saturated rings. The topological polar surface area (TPSA) is 78.4 Å². The number of piperazine rings is 1. The molecule has 3 rings (SSSR count). The number of carbonyl (C=O) groups excluding carboxylic acids is 2. The molecule has 0 bridgehead atoms. The van der Waals surface area contributed by atoms with Crippen molar-refractivity contribution in [3.8, 4) is 0 Å². The van der Waals surface area contributed by atoms with E-state index in [1.165, 1.54) is 11.8 Å². The van der Waals surface area contributed by atoms with Crippen LogP contribution in [0.25, 0.3) is 0 Å². The Bertz CT molecular complexity index is 739. The normalized spacial score (nSPS) is 14.3. The maximum Gasteiger partial charge on any atom is 0.274 e. The molecule has 0 radical (unpaired) electrons. The number of nitrogens with zero attached hydrogens (tertiary/aromatic N) is 4. The zero-order valence-corrected chi connectivity index (χ0v) is 14.2. The number of carbonyl (C=O) groups is 2. The first-order valence-electron chi connectivity index (χ1n) is 8.26. The van der Waals surface area contributed by atoms with Gasteiger partial charge in [0.1, 0.15) is 11.5 Å². The third kappa shape index (κ3) is 4.32. The minimum absolute atomic E-state index is 0.150. The third-order valence-corrected chi connectivity index (χ3v) is 4.18. The van der Waals surface area contributed by atoms with Crippen molar-refractivity contribution in [1.29, 1.82) is 0 Å². The number of nitrogens with one attached hydrogen (secondary N) is 1. The molecule has 0 aliphatic carbocycles. The first kappa shape index (κ1) is 16.9. The van der Waals surface area contributed by atoms with E-state index in [1.54, 1.807) is 16.0 Å². The van der Waals surface area contributed by atoms with Crippen molar-refractivity contribution in [2.75, 3.05) is 31.5 Å². The Labute approximate surface area is 146 Å². The molecular weight excluding hydrogens is 318 g/mol. The molecule has 130 valence electrons. The van der Waals surface area contributed by atoms with Crippen LogP contribution in [0.1, 0.15) is 21.6 Å². The van der Waals surface area contributed by atoms with Crippen LogP contribution < -0.4 is 5.32 Å². The Balaban J connectivity index is 1.56. The van der Waals surface area contributed by atoms with Crippen LogP contribution in [0.2, 0.25) is 0 Å². The highest BCUT2D eigenvalue weighted by Crippen LogP contribution is 2.10. The van der Waals surface area contributed by atoms with Gasteiger partial charge in [-0.05, 0) is 12.5 Å². The van der Waals surface area contributed by atoms with Crippen molar-refractivity contribution in [2.24, 2.45) is 0 Å². The summed E-state index contributed by atoms with van der Waals surface area (Å²) in [5, 5.41) is 3.20. The van der Waals surface area contributed by atoms with Crippen LogP contribution in [-0.4, -0.2) is 58.3 Å². The van der Waals surface area contributed by atoms with E-state index in [1.807, 2.05) is 12.1 Å². The highest BCUT2D eigenvalue weighted by Gasteiger charge is 2.22. The maximum absolute atomic E-state index is 12.4. The van der Waals surface area contributed by atoms with Gasteiger partial charge in [0, 0.05) is 32.7 Å².